The van der Waals surface area contributed by atoms with Crippen LogP contribution in [0.15, 0.2) is 36.7 Å². The number of hydrogen-bond donors (Lipinski definition) is 1. The Morgan fingerprint density at radius 3 is 2.51 bits per heavy atom. The average Bonchev–Trinajstić information content (AvgIpc) is 3.50. The number of imidazole rings is 1. The van der Waals surface area contributed by atoms with Gasteiger partial charge in [-0.3, -0.25) is 14.3 Å². The number of aromatic nitrogens is 3. The molecule has 0 aliphatic carbocycles. The molecule has 0 unspecified atom stereocenters. The van der Waals surface area contributed by atoms with Gasteiger partial charge >= 0.3 is 6.55 Å². The molecule has 0 spiro atoms. The molecule has 3 saturated heterocycles. The van der Waals surface area contributed by atoms with Crippen molar-refractivity contribution >= 4 is 22.6 Å². The molecule has 6 rings (SSSR count). The Morgan fingerprint density at radius 1 is 1.14 bits per heavy atom. The highest BCUT2D eigenvalue weighted by atomic mass is 19.3. The third-order valence-electron chi connectivity index (χ3n) is 7.68. The minimum atomic E-state index is -2.78. The summed E-state index contributed by atoms with van der Waals surface area (Å²) in [6.07, 6.45) is 1.05. The van der Waals surface area contributed by atoms with Crippen molar-refractivity contribution in [1.82, 2.24) is 24.8 Å². The number of pyridine rings is 1. The van der Waals surface area contributed by atoms with E-state index < -0.39 is 12.7 Å². The van der Waals surface area contributed by atoms with Gasteiger partial charge in [0.2, 0.25) is 11.8 Å². The number of anilines is 1. The van der Waals surface area contributed by atoms with E-state index in [4.69, 9.17) is 9.47 Å². The normalized spacial score (nSPS) is 21.9. The lowest BCUT2D eigenvalue weighted by atomic mass is 10.0. The SMILES string of the molecule is C[C@@H](Oc1nc(-c2ccc(N3CCN(C4COC4)CC3)cc2)cc2ncn(C(F)F)c12)[C@H]1CNC(=O)C1. The Kier molecular flexibility index (Phi) is 6.41. The lowest BCUT2D eigenvalue weighted by molar-refractivity contribution is -0.119. The number of hydrogen-bond acceptors (Lipinski definition) is 7. The summed E-state index contributed by atoms with van der Waals surface area (Å²) >= 11 is 0. The van der Waals surface area contributed by atoms with Gasteiger partial charge in [-0.2, -0.15) is 8.78 Å². The van der Waals surface area contributed by atoms with Gasteiger partial charge in [-0.25, -0.2) is 9.97 Å². The van der Waals surface area contributed by atoms with Crippen LogP contribution < -0.4 is 15.0 Å². The van der Waals surface area contributed by atoms with Crippen LogP contribution in [0.5, 0.6) is 5.88 Å². The molecule has 3 aliphatic heterocycles. The predicted molar refractivity (Wildman–Crippen MR) is 134 cm³/mol. The van der Waals surface area contributed by atoms with Crippen molar-refractivity contribution in [3.63, 3.8) is 0 Å². The Morgan fingerprint density at radius 2 is 1.89 bits per heavy atom. The number of nitrogens with zero attached hydrogens (tertiary/aromatic N) is 5. The third-order valence-corrected chi connectivity index (χ3v) is 7.68. The summed E-state index contributed by atoms with van der Waals surface area (Å²) in [4.78, 5) is 25.4. The van der Waals surface area contributed by atoms with Gasteiger partial charge in [0.25, 0.3) is 0 Å². The minimum absolute atomic E-state index is 0.0384. The van der Waals surface area contributed by atoms with E-state index in [1.165, 1.54) is 0 Å². The van der Waals surface area contributed by atoms with Crippen LogP contribution >= 0.6 is 0 Å². The maximum atomic E-state index is 13.7. The van der Waals surface area contributed by atoms with E-state index in [1.54, 1.807) is 6.07 Å². The van der Waals surface area contributed by atoms with E-state index >= 15 is 0 Å². The van der Waals surface area contributed by atoms with Crippen LogP contribution in [0.25, 0.3) is 22.3 Å². The third kappa shape index (κ3) is 4.73. The quantitative estimate of drug-likeness (QED) is 0.521. The Labute approximate surface area is 213 Å². The number of amides is 1. The molecule has 11 heteroatoms. The number of alkyl halides is 2. The van der Waals surface area contributed by atoms with Crippen molar-refractivity contribution < 1.29 is 23.0 Å². The smallest absolute Gasteiger partial charge is 0.320 e. The summed E-state index contributed by atoms with van der Waals surface area (Å²) < 4.78 is 39.6. The summed E-state index contributed by atoms with van der Waals surface area (Å²) in [7, 11) is 0. The number of halogens is 2. The van der Waals surface area contributed by atoms with E-state index in [0.717, 1.165) is 61.5 Å². The van der Waals surface area contributed by atoms with Crippen molar-refractivity contribution in [1.29, 1.82) is 0 Å². The molecule has 0 saturated carbocycles. The minimum Gasteiger partial charge on any atom is -0.473 e. The molecule has 3 fully saturated rings. The van der Waals surface area contributed by atoms with Crippen LogP contribution in [0.1, 0.15) is 19.9 Å². The van der Waals surface area contributed by atoms with E-state index in [9.17, 15) is 13.6 Å². The van der Waals surface area contributed by atoms with Gasteiger partial charge in [0, 0.05) is 56.3 Å². The van der Waals surface area contributed by atoms with Crippen molar-refractivity contribution in [3.8, 4) is 17.1 Å². The fourth-order valence-electron chi connectivity index (χ4n) is 5.26. The number of rotatable bonds is 7. The number of nitrogens with one attached hydrogen (secondary N) is 1. The first kappa shape index (κ1) is 24.1. The lowest BCUT2D eigenvalue weighted by Crippen LogP contribution is -2.56. The van der Waals surface area contributed by atoms with Gasteiger partial charge in [-0.1, -0.05) is 12.1 Å². The first-order valence-corrected chi connectivity index (χ1v) is 12.7. The largest absolute Gasteiger partial charge is 0.473 e. The number of fused-ring (bicyclic) bond motifs is 1. The van der Waals surface area contributed by atoms with Gasteiger partial charge in [0.1, 0.15) is 17.9 Å². The summed E-state index contributed by atoms with van der Waals surface area (Å²) in [5.41, 5.74) is 3.11. The second-order valence-electron chi connectivity index (χ2n) is 9.96. The van der Waals surface area contributed by atoms with Gasteiger partial charge in [-0.15, -0.1) is 0 Å². The van der Waals surface area contributed by atoms with E-state index in [1.807, 2.05) is 19.1 Å². The molecule has 0 bridgehead atoms. The second kappa shape index (κ2) is 9.86. The molecule has 5 heterocycles. The predicted octanol–water partition coefficient (Wildman–Crippen LogP) is 2.92. The first-order valence-electron chi connectivity index (χ1n) is 12.7. The molecular weight excluding hydrogens is 482 g/mol. The topological polar surface area (TPSA) is 84.8 Å². The van der Waals surface area contributed by atoms with Gasteiger partial charge < -0.3 is 19.7 Å². The molecule has 2 aromatic heterocycles. The van der Waals surface area contributed by atoms with Gasteiger partial charge in [0.15, 0.2) is 0 Å². The summed E-state index contributed by atoms with van der Waals surface area (Å²) in [6.45, 7) is 5.16. The van der Waals surface area contributed by atoms with Crippen LogP contribution in [0.4, 0.5) is 14.5 Å². The van der Waals surface area contributed by atoms with Gasteiger partial charge in [0.05, 0.1) is 30.5 Å². The summed E-state index contributed by atoms with van der Waals surface area (Å²) in [5.74, 6) is -0.00620. The van der Waals surface area contributed by atoms with Crippen molar-refractivity contribution in [2.45, 2.75) is 32.0 Å². The molecular formula is C26H30F2N6O3. The second-order valence-corrected chi connectivity index (χ2v) is 9.96. The number of carbonyl (C=O) groups is 1. The zero-order valence-electron chi connectivity index (χ0n) is 20.6. The number of benzene rings is 1. The van der Waals surface area contributed by atoms with Crippen molar-refractivity contribution in [3.05, 3.63) is 36.7 Å². The highest BCUT2D eigenvalue weighted by Gasteiger charge is 2.30. The van der Waals surface area contributed by atoms with Crippen LogP contribution in [-0.2, 0) is 9.53 Å². The average molecular weight is 513 g/mol. The molecule has 1 amide bonds. The molecule has 3 aromatic rings. The van der Waals surface area contributed by atoms with Crippen molar-refractivity contribution in [2.75, 3.05) is 50.8 Å². The molecule has 2 atom stereocenters. The van der Waals surface area contributed by atoms with Gasteiger partial charge in [-0.05, 0) is 25.1 Å². The molecule has 0 radical (unpaired) electrons. The standard InChI is InChI=1S/C26H30F2N6O3/c1-16(18-10-23(35)29-12-18)37-25-24-22(30-15-34(24)26(27)28)11-21(31-25)17-2-4-19(5-3-17)32-6-8-33(9-7-32)20-13-36-14-20/h2-5,11,15-16,18,20,26H,6-10,12-14H2,1H3,(H,29,35)/t16-,18-/m1/s1. The molecule has 196 valence electrons. The first-order chi connectivity index (χ1) is 18.0. The van der Waals surface area contributed by atoms with E-state index in [-0.39, 0.29) is 23.2 Å². The molecule has 1 N–H and O–H groups in total. The molecule has 3 aliphatic rings. The zero-order valence-corrected chi connectivity index (χ0v) is 20.6. The summed E-state index contributed by atoms with van der Waals surface area (Å²) in [5, 5.41) is 2.79. The van der Waals surface area contributed by atoms with Crippen LogP contribution in [0, 0.1) is 5.92 Å². The lowest BCUT2D eigenvalue weighted by Gasteiger charge is -2.43. The fourth-order valence-corrected chi connectivity index (χ4v) is 5.26. The molecule has 9 nitrogen and oxygen atoms in total. The van der Waals surface area contributed by atoms with Crippen molar-refractivity contribution in [2.24, 2.45) is 5.92 Å². The van der Waals surface area contributed by atoms with Crippen LogP contribution in [-0.4, -0.2) is 83.4 Å². The Bertz CT molecular complexity index is 1270. The van der Waals surface area contributed by atoms with Crippen LogP contribution in [0.3, 0.4) is 0 Å². The monoisotopic (exact) mass is 512 g/mol. The van der Waals surface area contributed by atoms with Crippen LogP contribution in [0.2, 0.25) is 0 Å². The fraction of sp³-hybridized carbons (Fsp3) is 0.500. The highest BCUT2D eigenvalue weighted by molar-refractivity contribution is 5.85. The highest BCUT2D eigenvalue weighted by Crippen LogP contribution is 2.33. The number of carbonyl (C=O) groups excluding carboxylic acids is 1. The maximum Gasteiger partial charge on any atom is 0.320 e. The number of piperazine rings is 1. The zero-order chi connectivity index (χ0) is 25.5. The van der Waals surface area contributed by atoms with E-state index in [0.29, 0.717) is 30.2 Å². The Balaban J connectivity index is 1.24. The molecule has 1 aromatic carbocycles. The Hall–Kier alpha value is -3.31. The number of ether oxygens (including phenoxy) is 2. The maximum absolute atomic E-state index is 13.7. The van der Waals surface area contributed by atoms with E-state index in [2.05, 4.69) is 37.2 Å². The molecule has 37 heavy (non-hydrogen) atoms. The summed E-state index contributed by atoms with van der Waals surface area (Å²) in [6, 6.07) is 10.4.